The van der Waals surface area contributed by atoms with Crippen LogP contribution in [0.1, 0.15) is 38.3 Å². The number of fused-ring (bicyclic) bond motifs is 1. The maximum atomic E-state index is 11.3. The Morgan fingerprint density at radius 1 is 1.55 bits per heavy atom. The van der Waals surface area contributed by atoms with Gasteiger partial charge in [-0.25, -0.2) is 0 Å². The Balaban J connectivity index is 2.05. The van der Waals surface area contributed by atoms with Gasteiger partial charge in [0.25, 0.3) is 0 Å². The molecule has 0 aromatic heterocycles. The van der Waals surface area contributed by atoms with Gasteiger partial charge in [0.1, 0.15) is 11.4 Å². The molecule has 0 aliphatic carbocycles. The highest BCUT2D eigenvalue weighted by atomic mass is 16.5. The minimum absolute atomic E-state index is 0.0697. The fraction of sp³-hybridized carbons (Fsp3) is 0.471. The maximum absolute atomic E-state index is 11.3. The molecule has 0 spiro atoms. The van der Waals surface area contributed by atoms with Crippen LogP contribution in [0.4, 0.5) is 0 Å². The number of hydrogen-bond donors (Lipinski definition) is 1. The normalized spacial score (nSPS) is 17.6. The number of ether oxygens (including phenoxy) is 1. The molecule has 20 heavy (non-hydrogen) atoms. The van der Waals surface area contributed by atoms with E-state index in [1.165, 1.54) is 17.2 Å². The minimum Gasteiger partial charge on any atom is -0.488 e. The molecule has 108 valence electrons. The molecule has 1 atom stereocenters. The zero-order chi connectivity index (χ0) is 14.8. The summed E-state index contributed by atoms with van der Waals surface area (Å²) in [5.74, 6) is 0.869. The molecular weight excluding hydrogens is 250 g/mol. The van der Waals surface area contributed by atoms with E-state index in [2.05, 4.69) is 37.9 Å². The molecule has 3 nitrogen and oxygen atoms in total. The highest BCUT2D eigenvalue weighted by Crippen LogP contribution is 2.33. The van der Waals surface area contributed by atoms with E-state index in [0.29, 0.717) is 0 Å². The van der Waals surface area contributed by atoms with Crippen LogP contribution in [-0.2, 0) is 17.6 Å². The number of benzene rings is 1. The second-order valence-electron chi connectivity index (χ2n) is 6.12. The van der Waals surface area contributed by atoms with Crippen LogP contribution in [-0.4, -0.2) is 17.6 Å². The zero-order valence-corrected chi connectivity index (χ0v) is 12.5. The van der Waals surface area contributed by atoms with Crippen molar-refractivity contribution in [1.82, 2.24) is 5.32 Å². The fourth-order valence-electron chi connectivity index (χ4n) is 2.55. The molecule has 0 fully saturated rings. The Labute approximate surface area is 121 Å². The first kappa shape index (κ1) is 14.6. The van der Waals surface area contributed by atoms with Crippen molar-refractivity contribution in [2.45, 2.75) is 51.7 Å². The van der Waals surface area contributed by atoms with Gasteiger partial charge in [-0.2, -0.15) is 0 Å². The Morgan fingerprint density at radius 3 is 3.00 bits per heavy atom. The monoisotopic (exact) mass is 273 g/mol. The summed E-state index contributed by atoms with van der Waals surface area (Å²) in [4.78, 5) is 11.3. The van der Waals surface area contributed by atoms with Crippen LogP contribution in [0, 0.1) is 0 Å². The van der Waals surface area contributed by atoms with Crippen molar-refractivity contribution in [1.29, 1.82) is 0 Å². The summed E-state index contributed by atoms with van der Waals surface area (Å²) in [5.41, 5.74) is 2.42. The van der Waals surface area contributed by atoms with Gasteiger partial charge < -0.3 is 10.1 Å². The third-order valence-corrected chi connectivity index (χ3v) is 3.62. The van der Waals surface area contributed by atoms with E-state index in [4.69, 9.17) is 4.74 Å². The van der Waals surface area contributed by atoms with E-state index < -0.39 is 0 Å². The van der Waals surface area contributed by atoms with E-state index >= 15 is 0 Å². The molecule has 0 radical (unpaired) electrons. The van der Waals surface area contributed by atoms with Crippen LogP contribution < -0.4 is 10.1 Å². The summed E-state index contributed by atoms with van der Waals surface area (Å²) < 4.78 is 5.98. The summed E-state index contributed by atoms with van der Waals surface area (Å²) in [6, 6.07) is 6.42. The van der Waals surface area contributed by atoms with Gasteiger partial charge in [0.05, 0.1) is 0 Å². The SMILES string of the molecule is C=CC(=O)N[C@H](C)Cc1ccc2c(c1)CCC(C)(C)O2. The highest BCUT2D eigenvalue weighted by molar-refractivity contribution is 5.87. The van der Waals surface area contributed by atoms with Crippen molar-refractivity contribution >= 4 is 5.91 Å². The number of carbonyl (C=O) groups excluding carboxylic acids is 1. The quantitative estimate of drug-likeness (QED) is 0.856. The highest BCUT2D eigenvalue weighted by Gasteiger charge is 2.26. The molecule has 0 saturated heterocycles. The molecular formula is C17H23NO2. The fourth-order valence-corrected chi connectivity index (χ4v) is 2.55. The molecule has 1 aromatic carbocycles. The average Bonchev–Trinajstić information content (AvgIpc) is 2.38. The number of nitrogens with one attached hydrogen (secondary N) is 1. The number of aryl methyl sites for hydroxylation is 1. The Morgan fingerprint density at radius 2 is 2.30 bits per heavy atom. The largest absolute Gasteiger partial charge is 0.488 e. The van der Waals surface area contributed by atoms with Gasteiger partial charge in [0, 0.05) is 6.04 Å². The molecule has 3 heteroatoms. The van der Waals surface area contributed by atoms with Gasteiger partial charge in [0.15, 0.2) is 0 Å². The van der Waals surface area contributed by atoms with Crippen molar-refractivity contribution in [3.8, 4) is 5.75 Å². The van der Waals surface area contributed by atoms with Crippen molar-refractivity contribution in [2.75, 3.05) is 0 Å². The third-order valence-electron chi connectivity index (χ3n) is 3.62. The van der Waals surface area contributed by atoms with Crippen LogP contribution in [0.15, 0.2) is 30.9 Å². The molecule has 1 heterocycles. The molecule has 0 saturated carbocycles. The van der Waals surface area contributed by atoms with E-state index in [0.717, 1.165) is 25.0 Å². The molecule has 2 rings (SSSR count). The van der Waals surface area contributed by atoms with Gasteiger partial charge in [-0.05, 0) is 63.3 Å². The van der Waals surface area contributed by atoms with Crippen LogP contribution in [0.2, 0.25) is 0 Å². The average molecular weight is 273 g/mol. The number of amides is 1. The van der Waals surface area contributed by atoms with Gasteiger partial charge in [0.2, 0.25) is 5.91 Å². The first-order chi connectivity index (χ1) is 9.39. The first-order valence-corrected chi connectivity index (χ1v) is 7.13. The van der Waals surface area contributed by atoms with Crippen LogP contribution in [0.5, 0.6) is 5.75 Å². The minimum atomic E-state index is -0.124. The lowest BCUT2D eigenvalue weighted by atomic mass is 9.92. The smallest absolute Gasteiger partial charge is 0.243 e. The van der Waals surface area contributed by atoms with E-state index in [1.807, 2.05) is 13.0 Å². The van der Waals surface area contributed by atoms with Gasteiger partial charge in [-0.1, -0.05) is 18.7 Å². The number of carbonyl (C=O) groups is 1. The molecule has 1 aromatic rings. The molecule has 0 bridgehead atoms. The molecule has 1 N–H and O–H groups in total. The van der Waals surface area contributed by atoms with Crippen molar-refractivity contribution < 1.29 is 9.53 Å². The second-order valence-corrected chi connectivity index (χ2v) is 6.12. The second kappa shape index (κ2) is 5.70. The Kier molecular flexibility index (Phi) is 4.17. The summed E-state index contributed by atoms with van der Waals surface area (Å²) in [6.07, 6.45) is 4.20. The Bertz CT molecular complexity index is 520. The van der Waals surface area contributed by atoms with E-state index in [1.54, 1.807) is 0 Å². The predicted molar refractivity (Wildman–Crippen MR) is 81.0 cm³/mol. The summed E-state index contributed by atoms with van der Waals surface area (Å²) in [5, 5.41) is 2.88. The lowest BCUT2D eigenvalue weighted by molar-refractivity contribution is -0.117. The lowest BCUT2D eigenvalue weighted by Crippen LogP contribution is -2.33. The van der Waals surface area contributed by atoms with E-state index in [9.17, 15) is 4.79 Å². The maximum Gasteiger partial charge on any atom is 0.243 e. The van der Waals surface area contributed by atoms with Crippen molar-refractivity contribution in [3.63, 3.8) is 0 Å². The molecule has 0 unspecified atom stereocenters. The van der Waals surface area contributed by atoms with Crippen molar-refractivity contribution in [2.24, 2.45) is 0 Å². The number of hydrogen-bond acceptors (Lipinski definition) is 2. The lowest BCUT2D eigenvalue weighted by Gasteiger charge is -2.32. The van der Waals surface area contributed by atoms with Gasteiger partial charge >= 0.3 is 0 Å². The Hall–Kier alpha value is -1.77. The summed E-state index contributed by atoms with van der Waals surface area (Å²) in [7, 11) is 0. The van der Waals surface area contributed by atoms with Crippen LogP contribution in [0.25, 0.3) is 0 Å². The number of rotatable bonds is 4. The molecule has 1 aliphatic heterocycles. The van der Waals surface area contributed by atoms with Crippen LogP contribution >= 0.6 is 0 Å². The third kappa shape index (κ3) is 3.62. The van der Waals surface area contributed by atoms with Crippen LogP contribution in [0.3, 0.4) is 0 Å². The molecule has 1 aliphatic rings. The first-order valence-electron chi connectivity index (χ1n) is 7.13. The van der Waals surface area contributed by atoms with Gasteiger partial charge in [-0.15, -0.1) is 0 Å². The predicted octanol–water partition coefficient (Wildman–Crippen LogP) is 3.02. The summed E-state index contributed by atoms with van der Waals surface area (Å²) >= 11 is 0. The zero-order valence-electron chi connectivity index (χ0n) is 12.5. The van der Waals surface area contributed by atoms with E-state index in [-0.39, 0.29) is 17.6 Å². The topological polar surface area (TPSA) is 38.3 Å². The molecule has 1 amide bonds. The van der Waals surface area contributed by atoms with Crippen molar-refractivity contribution in [3.05, 3.63) is 42.0 Å². The standard InChI is InChI=1S/C17H23NO2/c1-5-16(19)18-12(2)10-13-6-7-15-14(11-13)8-9-17(3,4)20-15/h5-7,11-12H,1,8-10H2,2-4H3,(H,18,19)/t12-/m1/s1. The summed E-state index contributed by atoms with van der Waals surface area (Å²) in [6.45, 7) is 9.71. The van der Waals surface area contributed by atoms with Gasteiger partial charge in [-0.3, -0.25) is 4.79 Å².